The first-order valence-electron chi connectivity index (χ1n) is 9.96. The maximum atomic E-state index is 13.4. The Morgan fingerprint density at radius 2 is 1.60 bits per heavy atom. The molecule has 0 radical (unpaired) electrons. The van der Waals surface area contributed by atoms with Gasteiger partial charge in [0.25, 0.3) is 10.0 Å². The zero-order chi connectivity index (χ0) is 26.0. The van der Waals surface area contributed by atoms with Gasteiger partial charge in [-0.3, -0.25) is 9.10 Å². The SMILES string of the molecule is Cc1ccc(S(=O)(=O)N(CC(=O)NCc2ccc(Cl)cc2Cl)c2ccc(Cl)c(C(F)(F)F)c2)cc1. The Hall–Kier alpha value is -2.46. The molecule has 186 valence electrons. The van der Waals surface area contributed by atoms with E-state index in [4.69, 9.17) is 34.8 Å². The molecule has 0 aliphatic carbocycles. The van der Waals surface area contributed by atoms with Crippen LogP contribution in [0.2, 0.25) is 15.1 Å². The minimum atomic E-state index is -4.83. The van der Waals surface area contributed by atoms with Gasteiger partial charge in [0, 0.05) is 16.6 Å². The summed E-state index contributed by atoms with van der Waals surface area (Å²) in [6, 6.07) is 13.0. The van der Waals surface area contributed by atoms with Crippen LogP contribution in [0.1, 0.15) is 16.7 Å². The van der Waals surface area contributed by atoms with E-state index in [2.05, 4.69) is 5.32 Å². The quantitative estimate of drug-likeness (QED) is 0.356. The molecule has 12 heteroatoms. The molecule has 0 atom stereocenters. The first-order valence-corrected chi connectivity index (χ1v) is 12.5. The van der Waals surface area contributed by atoms with Crippen LogP contribution in [0.15, 0.2) is 65.6 Å². The molecular formula is C23H18Cl3F3N2O3S. The number of nitrogens with one attached hydrogen (secondary N) is 1. The van der Waals surface area contributed by atoms with Crippen molar-refractivity contribution in [3.05, 3.63) is 92.4 Å². The number of benzene rings is 3. The monoisotopic (exact) mass is 564 g/mol. The van der Waals surface area contributed by atoms with E-state index in [-0.39, 0.29) is 22.2 Å². The molecule has 0 aromatic heterocycles. The minimum Gasteiger partial charge on any atom is -0.350 e. The lowest BCUT2D eigenvalue weighted by atomic mass is 10.2. The van der Waals surface area contributed by atoms with E-state index in [0.717, 1.165) is 17.7 Å². The van der Waals surface area contributed by atoms with Gasteiger partial charge in [-0.15, -0.1) is 0 Å². The molecule has 0 heterocycles. The number of halogens is 6. The summed E-state index contributed by atoms with van der Waals surface area (Å²) in [5, 5.41) is 2.61. The van der Waals surface area contributed by atoms with Crippen LogP contribution in [-0.2, 0) is 27.5 Å². The van der Waals surface area contributed by atoms with E-state index in [0.29, 0.717) is 21.0 Å². The lowest BCUT2D eigenvalue weighted by molar-refractivity contribution is -0.137. The molecule has 0 spiro atoms. The highest BCUT2D eigenvalue weighted by Crippen LogP contribution is 2.38. The summed E-state index contributed by atoms with van der Waals surface area (Å²) in [5.74, 6) is -0.768. The Bertz CT molecular complexity index is 1350. The summed E-state index contributed by atoms with van der Waals surface area (Å²) in [6.45, 7) is 0.903. The molecule has 0 saturated carbocycles. The van der Waals surface area contributed by atoms with Gasteiger partial charge < -0.3 is 5.32 Å². The topological polar surface area (TPSA) is 66.5 Å². The number of aryl methyl sites for hydroxylation is 1. The third kappa shape index (κ3) is 6.61. The second-order valence-electron chi connectivity index (χ2n) is 7.50. The maximum Gasteiger partial charge on any atom is 0.417 e. The molecule has 0 saturated heterocycles. The number of anilines is 1. The normalized spacial score (nSPS) is 11.9. The molecular weight excluding hydrogens is 548 g/mol. The summed E-state index contributed by atoms with van der Waals surface area (Å²) in [5.41, 5.74) is -0.307. The molecule has 0 aliphatic heterocycles. The summed E-state index contributed by atoms with van der Waals surface area (Å²) in [7, 11) is -4.42. The number of hydrogen-bond donors (Lipinski definition) is 1. The van der Waals surface area contributed by atoms with Crippen LogP contribution in [0.25, 0.3) is 0 Å². The van der Waals surface area contributed by atoms with Crippen LogP contribution in [0.5, 0.6) is 0 Å². The van der Waals surface area contributed by atoms with Crippen molar-refractivity contribution in [3.8, 4) is 0 Å². The third-order valence-electron chi connectivity index (χ3n) is 4.93. The Morgan fingerprint density at radius 3 is 2.20 bits per heavy atom. The van der Waals surface area contributed by atoms with Crippen molar-refractivity contribution >= 4 is 56.4 Å². The molecule has 0 bridgehead atoms. The average molecular weight is 566 g/mol. The highest BCUT2D eigenvalue weighted by molar-refractivity contribution is 7.92. The van der Waals surface area contributed by atoms with Crippen LogP contribution in [0.4, 0.5) is 18.9 Å². The number of rotatable bonds is 7. The fourth-order valence-corrected chi connectivity index (χ4v) is 5.20. The molecule has 1 N–H and O–H groups in total. The number of sulfonamides is 1. The molecule has 0 aliphatic rings. The number of hydrogen-bond acceptors (Lipinski definition) is 3. The van der Waals surface area contributed by atoms with Gasteiger partial charge in [0.1, 0.15) is 6.54 Å². The van der Waals surface area contributed by atoms with E-state index in [1.54, 1.807) is 19.1 Å². The van der Waals surface area contributed by atoms with Gasteiger partial charge >= 0.3 is 6.18 Å². The van der Waals surface area contributed by atoms with Crippen molar-refractivity contribution in [3.63, 3.8) is 0 Å². The minimum absolute atomic E-state index is 0.0539. The highest BCUT2D eigenvalue weighted by atomic mass is 35.5. The smallest absolute Gasteiger partial charge is 0.350 e. The molecule has 3 aromatic carbocycles. The lowest BCUT2D eigenvalue weighted by Gasteiger charge is -2.25. The summed E-state index contributed by atoms with van der Waals surface area (Å²) >= 11 is 17.6. The van der Waals surface area contributed by atoms with E-state index in [9.17, 15) is 26.4 Å². The number of nitrogens with zero attached hydrogens (tertiary/aromatic N) is 1. The molecule has 0 fully saturated rings. The van der Waals surface area contributed by atoms with Gasteiger partial charge in [-0.25, -0.2) is 8.42 Å². The summed E-state index contributed by atoms with van der Waals surface area (Å²) in [6.07, 6.45) is -4.83. The van der Waals surface area contributed by atoms with Crippen molar-refractivity contribution < 1.29 is 26.4 Å². The van der Waals surface area contributed by atoms with Crippen LogP contribution in [-0.4, -0.2) is 20.9 Å². The molecule has 3 aromatic rings. The first-order chi connectivity index (χ1) is 16.3. The highest BCUT2D eigenvalue weighted by Gasteiger charge is 2.35. The first kappa shape index (κ1) is 27.1. The largest absolute Gasteiger partial charge is 0.417 e. The number of carbonyl (C=O) groups excluding carboxylic acids is 1. The Labute approximate surface area is 215 Å². The van der Waals surface area contributed by atoms with E-state index < -0.39 is 39.2 Å². The van der Waals surface area contributed by atoms with Gasteiger partial charge in [0.2, 0.25) is 5.91 Å². The molecule has 1 amide bonds. The fraction of sp³-hybridized carbons (Fsp3) is 0.174. The van der Waals surface area contributed by atoms with Crippen LogP contribution in [0.3, 0.4) is 0 Å². The van der Waals surface area contributed by atoms with Crippen LogP contribution >= 0.6 is 34.8 Å². The summed E-state index contributed by atoms with van der Waals surface area (Å²) < 4.78 is 67.7. The predicted molar refractivity (Wildman–Crippen MR) is 130 cm³/mol. The van der Waals surface area contributed by atoms with Gasteiger partial charge in [0.05, 0.1) is 21.2 Å². The number of amides is 1. The standard InChI is InChI=1S/C23H18Cl3F3N2O3S/c1-14-2-7-18(8-3-14)35(33,34)31(17-6-9-20(25)19(11-17)23(27,28)29)13-22(32)30-12-15-4-5-16(24)10-21(15)26/h2-11H,12-13H2,1H3,(H,30,32). The van der Waals surface area contributed by atoms with Gasteiger partial charge in [-0.1, -0.05) is 58.6 Å². The zero-order valence-electron chi connectivity index (χ0n) is 18.0. The Balaban J connectivity index is 1.97. The maximum absolute atomic E-state index is 13.4. The lowest BCUT2D eigenvalue weighted by Crippen LogP contribution is -2.40. The van der Waals surface area contributed by atoms with Crippen LogP contribution < -0.4 is 9.62 Å². The number of carbonyl (C=O) groups is 1. The molecule has 35 heavy (non-hydrogen) atoms. The average Bonchev–Trinajstić information content (AvgIpc) is 2.77. The van der Waals surface area contributed by atoms with Crippen LogP contribution in [0, 0.1) is 6.92 Å². The van der Waals surface area contributed by atoms with Crippen molar-refractivity contribution in [1.82, 2.24) is 5.32 Å². The predicted octanol–water partition coefficient (Wildman–Crippen LogP) is 6.49. The van der Waals surface area contributed by atoms with E-state index >= 15 is 0 Å². The second-order valence-corrected chi connectivity index (χ2v) is 10.6. The van der Waals surface area contributed by atoms with Gasteiger partial charge in [-0.05, 0) is 55.0 Å². The van der Waals surface area contributed by atoms with Gasteiger partial charge in [-0.2, -0.15) is 13.2 Å². The number of alkyl halides is 3. The molecule has 3 rings (SSSR count). The Morgan fingerprint density at radius 1 is 0.943 bits per heavy atom. The third-order valence-corrected chi connectivity index (χ3v) is 7.64. The second kappa shape index (κ2) is 10.7. The summed E-state index contributed by atoms with van der Waals surface area (Å²) in [4.78, 5) is 12.5. The molecule has 5 nitrogen and oxygen atoms in total. The fourth-order valence-electron chi connectivity index (χ4n) is 3.08. The van der Waals surface area contributed by atoms with E-state index in [1.165, 1.54) is 30.3 Å². The van der Waals surface area contributed by atoms with Gasteiger partial charge in [0.15, 0.2) is 0 Å². The van der Waals surface area contributed by atoms with Crippen molar-refractivity contribution in [1.29, 1.82) is 0 Å². The van der Waals surface area contributed by atoms with Crippen molar-refractivity contribution in [2.75, 3.05) is 10.8 Å². The Kier molecular flexibility index (Phi) is 8.26. The molecule has 0 unspecified atom stereocenters. The zero-order valence-corrected chi connectivity index (χ0v) is 21.1. The van der Waals surface area contributed by atoms with E-state index in [1.807, 2.05) is 0 Å². The van der Waals surface area contributed by atoms with Crippen molar-refractivity contribution in [2.45, 2.75) is 24.5 Å². The van der Waals surface area contributed by atoms with Crippen molar-refractivity contribution in [2.24, 2.45) is 0 Å².